The molecule has 0 aromatic carbocycles. The molecule has 0 aliphatic rings. The van der Waals surface area contributed by atoms with Crippen molar-refractivity contribution < 1.29 is 4.79 Å². The standard InChI is InChI=1S/C3H6NOS/c5-3-4-1-2-6/h3H,1-2H2,(H,4,5). The van der Waals surface area contributed by atoms with Gasteiger partial charge in [0.1, 0.15) is 0 Å². The van der Waals surface area contributed by atoms with Crippen LogP contribution < -0.4 is 5.32 Å². The first-order valence-electron chi connectivity index (χ1n) is 1.67. The van der Waals surface area contributed by atoms with Gasteiger partial charge >= 0.3 is 0 Å². The third kappa shape index (κ3) is 3.82. The van der Waals surface area contributed by atoms with Gasteiger partial charge < -0.3 is 5.32 Å². The van der Waals surface area contributed by atoms with Gasteiger partial charge in [0.15, 0.2) is 0 Å². The van der Waals surface area contributed by atoms with Gasteiger partial charge in [0, 0.05) is 12.3 Å². The van der Waals surface area contributed by atoms with E-state index in [0.717, 1.165) is 0 Å². The van der Waals surface area contributed by atoms with Crippen LogP contribution in [0.5, 0.6) is 0 Å². The maximum absolute atomic E-state index is 9.41. The van der Waals surface area contributed by atoms with Crippen LogP contribution in [-0.4, -0.2) is 18.7 Å². The van der Waals surface area contributed by atoms with Crippen LogP contribution in [0, 0.1) is 0 Å². The molecule has 3 heteroatoms. The summed E-state index contributed by atoms with van der Waals surface area (Å²) >= 11 is 4.50. The summed E-state index contributed by atoms with van der Waals surface area (Å²) in [6.45, 7) is 0.610. The second-order valence-electron chi connectivity index (χ2n) is 0.776. The zero-order valence-electron chi connectivity index (χ0n) is 3.31. The first-order valence-corrected chi connectivity index (χ1v) is 2.24. The van der Waals surface area contributed by atoms with Crippen molar-refractivity contribution in [2.45, 2.75) is 0 Å². The summed E-state index contributed by atoms with van der Waals surface area (Å²) < 4.78 is 0. The Morgan fingerprint density at radius 1 is 1.83 bits per heavy atom. The lowest BCUT2D eigenvalue weighted by atomic mass is 10.8. The van der Waals surface area contributed by atoms with Gasteiger partial charge in [-0.25, -0.2) is 0 Å². The first kappa shape index (κ1) is 5.82. The summed E-state index contributed by atoms with van der Waals surface area (Å²) in [5, 5.41) is 2.41. The second kappa shape index (κ2) is 4.82. The largest absolute Gasteiger partial charge is 0.358 e. The summed E-state index contributed by atoms with van der Waals surface area (Å²) in [5.74, 6) is 0.596. The van der Waals surface area contributed by atoms with Crippen LogP contribution in [0.2, 0.25) is 0 Å². The van der Waals surface area contributed by atoms with E-state index in [9.17, 15) is 4.79 Å². The molecular weight excluding hydrogens is 98.1 g/mol. The fourth-order valence-electron chi connectivity index (χ4n) is 0.118. The molecule has 0 unspecified atom stereocenters. The Labute approximate surface area is 42.3 Å². The van der Waals surface area contributed by atoms with Gasteiger partial charge in [0.2, 0.25) is 6.41 Å². The highest BCUT2D eigenvalue weighted by Gasteiger charge is 1.71. The van der Waals surface area contributed by atoms with Crippen LogP contribution >= 0.6 is 12.6 Å². The fourth-order valence-corrected chi connectivity index (χ4v) is 0.236. The third-order valence-electron chi connectivity index (χ3n) is 0.330. The fraction of sp³-hybridized carbons (Fsp3) is 0.667. The molecule has 0 aliphatic carbocycles. The van der Waals surface area contributed by atoms with E-state index < -0.39 is 0 Å². The maximum Gasteiger partial charge on any atom is 0.207 e. The second-order valence-corrected chi connectivity index (χ2v) is 1.18. The van der Waals surface area contributed by atoms with E-state index >= 15 is 0 Å². The number of hydrogen-bond acceptors (Lipinski definition) is 1. The molecule has 1 amide bonds. The van der Waals surface area contributed by atoms with E-state index in [1.165, 1.54) is 0 Å². The summed E-state index contributed by atoms with van der Waals surface area (Å²) in [5.41, 5.74) is 0. The van der Waals surface area contributed by atoms with Crippen LogP contribution in [0.3, 0.4) is 0 Å². The Kier molecular flexibility index (Phi) is 4.68. The Morgan fingerprint density at radius 2 is 2.50 bits per heavy atom. The molecule has 0 atom stereocenters. The van der Waals surface area contributed by atoms with Gasteiger partial charge in [0.05, 0.1) is 0 Å². The monoisotopic (exact) mass is 104 g/mol. The zero-order valence-corrected chi connectivity index (χ0v) is 4.12. The van der Waals surface area contributed by atoms with Crippen LogP contribution in [0.1, 0.15) is 0 Å². The van der Waals surface area contributed by atoms with E-state index in [1.54, 1.807) is 0 Å². The lowest BCUT2D eigenvalue weighted by Crippen LogP contribution is -2.12. The Hall–Kier alpha value is -0.180. The summed E-state index contributed by atoms with van der Waals surface area (Å²) in [4.78, 5) is 9.41. The minimum Gasteiger partial charge on any atom is -0.358 e. The summed E-state index contributed by atoms with van der Waals surface area (Å²) in [6.07, 6.45) is 0.645. The number of carbonyl (C=O) groups is 1. The summed E-state index contributed by atoms with van der Waals surface area (Å²) in [7, 11) is 0. The maximum atomic E-state index is 9.41. The SMILES string of the molecule is O=CNCC[S]. The molecular formula is C3H6NOS. The minimum absolute atomic E-state index is 0.596. The molecule has 1 N–H and O–H groups in total. The topological polar surface area (TPSA) is 29.1 Å². The molecule has 0 aromatic rings. The molecule has 0 saturated carbocycles. The van der Waals surface area contributed by atoms with Crippen molar-refractivity contribution in [2.75, 3.05) is 12.3 Å². The number of hydrogen-bond donors (Lipinski definition) is 1. The Bertz CT molecular complexity index is 39.8. The van der Waals surface area contributed by atoms with Crippen molar-refractivity contribution in [2.24, 2.45) is 0 Å². The van der Waals surface area contributed by atoms with Gasteiger partial charge in [0.25, 0.3) is 0 Å². The molecule has 0 aromatic heterocycles. The average Bonchev–Trinajstić information content (AvgIpc) is 1.61. The predicted octanol–water partition coefficient (Wildman–Crippen LogP) is -0.0701. The quantitative estimate of drug-likeness (QED) is 0.394. The molecule has 35 valence electrons. The van der Waals surface area contributed by atoms with Crippen molar-refractivity contribution in [3.8, 4) is 0 Å². The van der Waals surface area contributed by atoms with E-state index in [0.29, 0.717) is 18.7 Å². The molecule has 2 nitrogen and oxygen atoms in total. The van der Waals surface area contributed by atoms with Crippen molar-refractivity contribution in [3.05, 3.63) is 0 Å². The number of nitrogens with one attached hydrogen (secondary N) is 1. The van der Waals surface area contributed by atoms with Crippen LogP contribution in [0.15, 0.2) is 0 Å². The molecule has 0 fully saturated rings. The van der Waals surface area contributed by atoms with Crippen LogP contribution in [0.4, 0.5) is 0 Å². The van der Waals surface area contributed by atoms with E-state index in [4.69, 9.17) is 0 Å². The molecule has 0 bridgehead atoms. The van der Waals surface area contributed by atoms with Crippen molar-refractivity contribution in [1.29, 1.82) is 0 Å². The molecule has 0 rings (SSSR count). The van der Waals surface area contributed by atoms with E-state index in [1.807, 2.05) is 0 Å². The molecule has 0 saturated heterocycles. The van der Waals surface area contributed by atoms with Gasteiger partial charge in [-0.3, -0.25) is 4.79 Å². The smallest absolute Gasteiger partial charge is 0.207 e. The number of rotatable bonds is 3. The third-order valence-corrected chi connectivity index (χ3v) is 0.534. The number of carbonyl (C=O) groups excluding carboxylic acids is 1. The summed E-state index contributed by atoms with van der Waals surface area (Å²) in [6, 6.07) is 0. The van der Waals surface area contributed by atoms with Gasteiger partial charge in [-0.2, -0.15) is 0 Å². The molecule has 1 radical (unpaired) electrons. The molecule has 0 aliphatic heterocycles. The predicted molar refractivity (Wildman–Crippen MR) is 26.5 cm³/mol. The zero-order chi connectivity index (χ0) is 4.83. The van der Waals surface area contributed by atoms with Gasteiger partial charge in [-0.15, -0.1) is 0 Å². The van der Waals surface area contributed by atoms with E-state index in [-0.39, 0.29) is 0 Å². The van der Waals surface area contributed by atoms with Crippen LogP contribution in [-0.2, 0) is 4.79 Å². The first-order chi connectivity index (χ1) is 2.91. The van der Waals surface area contributed by atoms with Crippen LogP contribution in [0.25, 0.3) is 0 Å². The van der Waals surface area contributed by atoms with E-state index in [2.05, 4.69) is 17.9 Å². The number of amides is 1. The Balaban J connectivity index is 2.49. The lowest BCUT2D eigenvalue weighted by Gasteiger charge is -1.84. The highest BCUT2D eigenvalue weighted by atomic mass is 32.1. The van der Waals surface area contributed by atoms with Crippen molar-refractivity contribution >= 4 is 19.0 Å². The van der Waals surface area contributed by atoms with Crippen molar-refractivity contribution in [3.63, 3.8) is 0 Å². The lowest BCUT2D eigenvalue weighted by molar-refractivity contribution is -0.109. The van der Waals surface area contributed by atoms with Gasteiger partial charge in [-0.05, 0) is 0 Å². The molecule has 0 spiro atoms. The average molecular weight is 104 g/mol. The highest BCUT2D eigenvalue weighted by molar-refractivity contribution is 7.80. The van der Waals surface area contributed by atoms with Crippen molar-refractivity contribution in [1.82, 2.24) is 5.32 Å². The minimum atomic E-state index is 0.596. The van der Waals surface area contributed by atoms with Gasteiger partial charge in [-0.1, -0.05) is 12.6 Å². The highest BCUT2D eigenvalue weighted by Crippen LogP contribution is 1.63. The normalized spacial score (nSPS) is 7.50. The molecule has 6 heavy (non-hydrogen) atoms. The Morgan fingerprint density at radius 3 is 2.67 bits per heavy atom. The molecule has 0 heterocycles.